The summed E-state index contributed by atoms with van der Waals surface area (Å²) in [7, 11) is -8.88. The molecule has 0 spiro atoms. The fourth-order valence-electron chi connectivity index (χ4n) is 8.03. The molecular formula is C40H48FN7O13S2. The molecule has 2 aliphatic carbocycles. The molecule has 7 rings (SSSR count). The zero-order valence-electron chi connectivity index (χ0n) is 34.7. The van der Waals surface area contributed by atoms with E-state index in [0.717, 1.165) is 21.3 Å². The predicted molar refractivity (Wildman–Crippen MR) is 218 cm³/mol. The molecule has 340 valence electrons. The second-order valence-electron chi connectivity index (χ2n) is 17.3. The fourth-order valence-corrected chi connectivity index (χ4v) is 11.0. The number of halogens is 1. The Labute approximate surface area is 362 Å². The molecule has 3 heterocycles. The van der Waals surface area contributed by atoms with Crippen molar-refractivity contribution in [3.05, 3.63) is 81.7 Å². The fraction of sp³-hybridized carbons (Fsp3) is 0.525. The molecule has 20 nitrogen and oxygen atoms in total. The Morgan fingerprint density at radius 1 is 1.02 bits per heavy atom. The number of alkyl carbamates (subject to hydrolysis) is 1. The van der Waals surface area contributed by atoms with Crippen LogP contribution in [0.1, 0.15) is 70.4 Å². The largest absolute Gasteiger partial charge is 0.444 e. The number of ether oxygens (including phenoxy) is 2. The van der Waals surface area contributed by atoms with E-state index in [1.54, 1.807) is 39.0 Å². The third-order valence-corrected chi connectivity index (χ3v) is 15.2. The standard InChI is InChI=1S/C40H48FN7O13S2/c1-39(2,3)61-37(52)42-30-23-46(63(58,59)33-14-7-6-13-31(33)48(54)55)17-8-4-5-11-25-19-40(25,36(51)44-62(56,57)27-15-16-27)43-34(49)32-18-26(21-47(32)35(30)50)60-38(53)45-20-24-10-9-12-29(41)28(24)22-45/h5-7,9-14,25-27,30,32H,4,8,15-23H2,1-3H3,(H,42,52)(H,43,49)(H,44,51)/b11-5-/t25-,26-,30+,32?,40?/m1/s1. The predicted octanol–water partition coefficient (Wildman–Crippen LogP) is 2.57. The first kappa shape index (κ1) is 45.3. The normalized spacial score (nSPS) is 26.2. The lowest BCUT2D eigenvalue weighted by molar-refractivity contribution is -0.387. The van der Waals surface area contributed by atoms with Crippen molar-refractivity contribution in [2.45, 2.75) is 112 Å². The first-order valence-corrected chi connectivity index (χ1v) is 23.4. The maximum atomic E-state index is 14.9. The quantitative estimate of drug-likeness (QED) is 0.196. The van der Waals surface area contributed by atoms with E-state index >= 15 is 0 Å². The van der Waals surface area contributed by atoms with Gasteiger partial charge in [0, 0.05) is 43.6 Å². The third kappa shape index (κ3) is 9.78. The Morgan fingerprint density at radius 3 is 2.43 bits per heavy atom. The van der Waals surface area contributed by atoms with Crippen molar-refractivity contribution in [2.24, 2.45) is 5.92 Å². The van der Waals surface area contributed by atoms with Crippen LogP contribution in [-0.4, -0.2) is 120 Å². The number of benzene rings is 2. The van der Waals surface area contributed by atoms with Gasteiger partial charge in [0.15, 0.2) is 4.90 Å². The number of fused-ring (bicyclic) bond motifs is 3. The van der Waals surface area contributed by atoms with E-state index in [4.69, 9.17) is 9.47 Å². The van der Waals surface area contributed by atoms with Crippen LogP contribution < -0.4 is 15.4 Å². The number of amides is 5. The summed E-state index contributed by atoms with van der Waals surface area (Å²) in [6.07, 6.45) is 0.487. The van der Waals surface area contributed by atoms with Gasteiger partial charge in [0.05, 0.1) is 23.3 Å². The number of nitrogens with zero attached hydrogens (tertiary/aromatic N) is 4. The lowest BCUT2D eigenvalue weighted by atomic mass is 10.1. The number of carbonyl (C=O) groups is 5. The minimum absolute atomic E-state index is 0.00722. The van der Waals surface area contributed by atoms with Gasteiger partial charge in [-0.05, 0) is 70.6 Å². The molecule has 0 bridgehead atoms. The zero-order chi connectivity index (χ0) is 45.6. The number of nitro groups is 1. The van der Waals surface area contributed by atoms with Gasteiger partial charge in [0.2, 0.25) is 31.9 Å². The second-order valence-corrected chi connectivity index (χ2v) is 21.2. The molecule has 2 aromatic rings. The molecular weight excluding hydrogens is 870 g/mol. The van der Waals surface area contributed by atoms with Crippen LogP contribution in [0.5, 0.6) is 0 Å². The summed E-state index contributed by atoms with van der Waals surface area (Å²) in [5.41, 5.74) is -2.78. The van der Waals surface area contributed by atoms with Gasteiger partial charge in [-0.2, -0.15) is 4.31 Å². The van der Waals surface area contributed by atoms with E-state index < -0.39 is 125 Å². The van der Waals surface area contributed by atoms with Gasteiger partial charge in [0.1, 0.15) is 35.1 Å². The highest BCUT2D eigenvalue weighted by molar-refractivity contribution is 7.91. The van der Waals surface area contributed by atoms with E-state index in [2.05, 4.69) is 15.4 Å². The molecule has 23 heteroatoms. The molecule has 2 saturated carbocycles. The van der Waals surface area contributed by atoms with Gasteiger partial charge in [-0.1, -0.05) is 36.4 Å². The van der Waals surface area contributed by atoms with Gasteiger partial charge < -0.3 is 25.0 Å². The van der Waals surface area contributed by atoms with Gasteiger partial charge in [0.25, 0.3) is 11.6 Å². The molecule has 5 amide bonds. The Kier molecular flexibility index (Phi) is 12.3. The minimum Gasteiger partial charge on any atom is -0.444 e. The highest BCUT2D eigenvalue weighted by atomic mass is 32.2. The number of hydrogen-bond donors (Lipinski definition) is 3. The lowest BCUT2D eigenvalue weighted by Gasteiger charge is -2.32. The van der Waals surface area contributed by atoms with Crippen molar-refractivity contribution < 1.29 is 59.6 Å². The van der Waals surface area contributed by atoms with E-state index in [-0.39, 0.29) is 45.3 Å². The van der Waals surface area contributed by atoms with Crippen molar-refractivity contribution in [3.8, 4) is 0 Å². The summed E-state index contributed by atoms with van der Waals surface area (Å²) in [4.78, 5) is 82.9. The Bertz CT molecular complexity index is 2480. The number of allylic oxidation sites excluding steroid dienone is 1. The van der Waals surface area contributed by atoms with E-state index in [0.29, 0.717) is 24.0 Å². The highest BCUT2D eigenvalue weighted by Gasteiger charge is 2.62. The maximum Gasteiger partial charge on any atom is 0.410 e. The Balaban J connectivity index is 1.25. The first-order chi connectivity index (χ1) is 29.6. The van der Waals surface area contributed by atoms with Crippen molar-refractivity contribution in [3.63, 3.8) is 0 Å². The number of carbonyl (C=O) groups excluding carboxylic acids is 5. The molecule has 1 saturated heterocycles. The monoisotopic (exact) mass is 917 g/mol. The van der Waals surface area contributed by atoms with Gasteiger partial charge in [-0.15, -0.1) is 0 Å². The molecule has 5 atom stereocenters. The summed E-state index contributed by atoms with van der Waals surface area (Å²) in [6, 6.07) is 5.65. The molecule has 3 fully saturated rings. The number of nitro benzene ring substituents is 1. The van der Waals surface area contributed by atoms with Crippen LogP contribution in [0.3, 0.4) is 0 Å². The number of hydrogen-bond acceptors (Lipinski definition) is 13. The SMILES string of the molecule is CC(C)(C)OC(=O)N[C@H]1CN(S(=O)(=O)c2ccccc2[N+](=O)[O-])CCC/C=C\[C@@H]2CC2(C(=O)NS(=O)(=O)C2CC2)NC(=O)C2C[C@@H](OC(=O)N3Cc4cccc(F)c4C3)CN2C1=O. The van der Waals surface area contributed by atoms with E-state index in [1.807, 2.05) is 0 Å². The third-order valence-electron chi connectivity index (χ3n) is 11.5. The molecule has 5 aliphatic rings. The average Bonchev–Trinajstić information content (AvgIpc) is 4.09. The van der Waals surface area contributed by atoms with Crippen molar-refractivity contribution in [1.82, 2.24) is 29.5 Å². The zero-order valence-corrected chi connectivity index (χ0v) is 36.3. The lowest BCUT2D eigenvalue weighted by Crippen LogP contribution is -2.60. The van der Waals surface area contributed by atoms with Crippen LogP contribution in [0.2, 0.25) is 0 Å². The first-order valence-electron chi connectivity index (χ1n) is 20.4. The molecule has 3 N–H and O–H groups in total. The summed E-state index contributed by atoms with van der Waals surface area (Å²) in [5, 5.41) is 16.3. The van der Waals surface area contributed by atoms with Gasteiger partial charge in [-0.25, -0.2) is 30.8 Å². The summed E-state index contributed by atoms with van der Waals surface area (Å²) < 4.78 is 83.3. The molecule has 63 heavy (non-hydrogen) atoms. The average molecular weight is 918 g/mol. The smallest absolute Gasteiger partial charge is 0.410 e. The van der Waals surface area contributed by atoms with Crippen molar-refractivity contribution >= 4 is 55.6 Å². The minimum atomic E-state index is -4.80. The Morgan fingerprint density at radius 2 is 1.75 bits per heavy atom. The van der Waals surface area contributed by atoms with Gasteiger partial charge in [-0.3, -0.25) is 34.1 Å². The van der Waals surface area contributed by atoms with E-state index in [1.165, 1.54) is 29.2 Å². The van der Waals surface area contributed by atoms with Crippen LogP contribution >= 0.6 is 0 Å². The van der Waals surface area contributed by atoms with Crippen LogP contribution in [0.25, 0.3) is 0 Å². The number of para-hydroxylation sites is 1. The van der Waals surface area contributed by atoms with Crippen LogP contribution in [0, 0.1) is 21.8 Å². The van der Waals surface area contributed by atoms with E-state index in [9.17, 15) is 55.3 Å². The second kappa shape index (κ2) is 17.1. The van der Waals surface area contributed by atoms with Crippen LogP contribution in [0.15, 0.2) is 59.5 Å². The number of sulfonamides is 2. The molecule has 2 aromatic carbocycles. The van der Waals surface area contributed by atoms with Crippen LogP contribution in [0.4, 0.5) is 19.7 Å². The summed E-state index contributed by atoms with van der Waals surface area (Å²) in [6.45, 7) is 2.89. The Hall–Kier alpha value is -5.68. The maximum absolute atomic E-state index is 14.9. The van der Waals surface area contributed by atoms with Crippen LogP contribution in [-0.2, 0) is 57.0 Å². The molecule has 2 unspecified atom stereocenters. The number of nitrogens with one attached hydrogen (secondary N) is 3. The molecule has 0 radical (unpaired) electrons. The van der Waals surface area contributed by atoms with Crippen molar-refractivity contribution in [2.75, 3.05) is 19.6 Å². The number of rotatable bonds is 8. The molecule has 0 aromatic heterocycles. The summed E-state index contributed by atoms with van der Waals surface area (Å²) >= 11 is 0. The van der Waals surface area contributed by atoms with Crippen molar-refractivity contribution in [1.29, 1.82) is 0 Å². The molecule has 3 aliphatic heterocycles. The van der Waals surface area contributed by atoms with Gasteiger partial charge >= 0.3 is 12.2 Å². The highest BCUT2D eigenvalue weighted by Crippen LogP contribution is 2.46. The topological polar surface area (TPSA) is 261 Å². The summed E-state index contributed by atoms with van der Waals surface area (Å²) in [5.74, 6) is -4.23.